The van der Waals surface area contributed by atoms with Crippen LogP contribution < -0.4 is 10.6 Å². The van der Waals surface area contributed by atoms with Gasteiger partial charge in [0.25, 0.3) is 0 Å². The first kappa shape index (κ1) is 28.4. The fourth-order valence-electron chi connectivity index (χ4n) is 2.19. The maximum Gasteiger partial charge on any atom is 0.410 e. The lowest BCUT2D eigenvalue weighted by Crippen LogP contribution is -2.45. The van der Waals surface area contributed by atoms with Crippen molar-refractivity contribution in [1.82, 2.24) is 20.4 Å². The number of rotatable bonds is 11. The van der Waals surface area contributed by atoms with Gasteiger partial charge in [0.2, 0.25) is 0 Å². The van der Waals surface area contributed by atoms with E-state index in [2.05, 4.69) is 27.6 Å². The topological polar surface area (TPSA) is 78.4 Å². The summed E-state index contributed by atoms with van der Waals surface area (Å²) in [6.07, 6.45) is 0.736. The molecule has 0 bridgehead atoms. The summed E-state index contributed by atoms with van der Waals surface area (Å²) in [4.78, 5) is 20.2. The van der Waals surface area contributed by atoms with E-state index in [1.807, 2.05) is 27.7 Å². The molecule has 0 aliphatic rings. The van der Waals surface area contributed by atoms with Gasteiger partial charge in [-0.1, -0.05) is 0 Å². The fourth-order valence-corrected chi connectivity index (χ4v) is 2.19. The third-order valence-electron chi connectivity index (χ3n) is 3.61. The van der Waals surface area contributed by atoms with Crippen molar-refractivity contribution in [3.8, 4) is 0 Å². The van der Waals surface area contributed by atoms with Gasteiger partial charge in [-0.15, -0.1) is 24.0 Å². The van der Waals surface area contributed by atoms with Crippen LogP contribution in [0.25, 0.3) is 0 Å². The molecule has 2 N–H and O–H groups in total. The van der Waals surface area contributed by atoms with Gasteiger partial charge in [0, 0.05) is 60.0 Å². The molecule has 0 aromatic carbocycles. The van der Waals surface area contributed by atoms with Crippen molar-refractivity contribution in [3.63, 3.8) is 0 Å². The molecule has 0 atom stereocenters. The Morgan fingerprint density at radius 3 is 2.19 bits per heavy atom. The van der Waals surface area contributed by atoms with Gasteiger partial charge in [-0.2, -0.15) is 0 Å². The van der Waals surface area contributed by atoms with Gasteiger partial charge in [-0.05, 0) is 41.2 Å². The van der Waals surface area contributed by atoms with Crippen molar-refractivity contribution in [3.05, 3.63) is 0 Å². The molecule has 0 radical (unpaired) electrons. The number of guanidine groups is 1. The summed E-state index contributed by atoms with van der Waals surface area (Å²) in [6.45, 7) is 12.8. The highest BCUT2D eigenvalue weighted by Crippen LogP contribution is 2.09. The molecule has 9 heteroatoms. The summed E-state index contributed by atoms with van der Waals surface area (Å²) in [5.74, 6) is 0.732. The Morgan fingerprint density at radius 2 is 1.70 bits per heavy atom. The first-order chi connectivity index (χ1) is 12.2. The lowest BCUT2D eigenvalue weighted by atomic mass is 10.2. The van der Waals surface area contributed by atoms with E-state index in [-0.39, 0.29) is 30.1 Å². The molecule has 0 aliphatic carbocycles. The molecule has 0 unspecified atom stereocenters. The number of nitrogens with zero attached hydrogens (tertiary/aromatic N) is 3. The average Bonchev–Trinajstić information content (AvgIpc) is 2.55. The molecule has 27 heavy (non-hydrogen) atoms. The summed E-state index contributed by atoms with van der Waals surface area (Å²) < 4.78 is 10.5. The van der Waals surface area contributed by atoms with Crippen LogP contribution in [0, 0.1) is 0 Å². The van der Waals surface area contributed by atoms with Gasteiger partial charge in [0.05, 0.1) is 0 Å². The Bertz CT molecular complexity index is 416. The molecule has 0 fully saturated rings. The number of carbonyl (C=O) groups is 1. The first-order valence-corrected chi connectivity index (χ1v) is 9.33. The number of halogens is 1. The quantitative estimate of drug-likeness (QED) is 0.195. The number of amides is 1. The standard InChI is InChI=1S/C18H39N5O3.HI/c1-8-23(17(24)26-18(2,3)4)14-11-21-16(19-5)20-10-13-22(6)12-9-15-25-7;/h8-15H2,1-7H3,(H2,19,20,21);1H. The maximum absolute atomic E-state index is 12.1. The summed E-state index contributed by atoms with van der Waals surface area (Å²) in [5.41, 5.74) is -0.481. The zero-order chi connectivity index (χ0) is 20.0. The molecule has 162 valence electrons. The van der Waals surface area contributed by atoms with Gasteiger partial charge in [-0.3, -0.25) is 4.99 Å². The SMILES string of the molecule is CCN(CCNC(=NC)NCCN(C)CCCOC)C(=O)OC(C)(C)C.I. The zero-order valence-corrected chi connectivity index (χ0v) is 20.5. The second-order valence-corrected chi connectivity index (χ2v) is 7.14. The van der Waals surface area contributed by atoms with E-state index in [4.69, 9.17) is 9.47 Å². The second kappa shape index (κ2) is 16.2. The van der Waals surface area contributed by atoms with Gasteiger partial charge in [0.15, 0.2) is 5.96 Å². The van der Waals surface area contributed by atoms with Crippen LogP contribution in [0.2, 0.25) is 0 Å². The van der Waals surface area contributed by atoms with Crippen LogP contribution in [0.15, 0.2) is 4.99 Å². The molecule has 0 saturated heterocycles. The maximum atomic E-state index is 12.1. The molecule has 0 aliphatic heterocycles. The summed E-state index contributed by atoms with van der Waals surface area (Å²) in [5, 5.41) is 6.51. The Kier molecular flexibility index (Phi) is 17.0. The number of carbonyl (C=O) groups excluding carboxylic acids is 1. The van der Waals surface area contributed by atoms with Crippen molar-refractivity contribution in [2.45, 2.75) is 39.7 Å². The van der Waals surface area contributed by atoms with E-state index in [1.165, 1.54) is 0 Å². The molecule has 0 aromatic rings. The number of hydrogen-bond donors (Lipinski definition) is 2. The van der Waals surface area contributed by atoms with Crippen LogP contribution in [0.5, 0.6) is 0 Å². The molecule has 1 amide bonds. The van der Waals surface area contributed by atoms with Gasteiger partial charge >= 0.3 is 6.09 Å². The molecule has 0 heterocycles. The second-order valence-electron chi connectivity index (χ2n) is 7.14. The van der Waals surface area contributed by atoms with Crippen LogP contribution in [-0.2, 0) is 9.47 Å². The van der Waals surface area contributed by atoms with E-state index in [9.17, 15) is 4.79 Å². The predicted octanol–water partition coefficient (Wildman–Crippen LogP) is 1.99. The number of likely N-dealkylation sites (N-methyl/N-ethyl adjacent to an activating group) is 2. The summed E-state index contributed by atoms with van der Waals surface area (Å²) in [7, 11) is 5.55. The minimum absolute atomic E-state index is 0. The normalized spacial score (nSPS) is 11.8. The predicted molar refractivity (Wildman–Crippen MR) is 122 cm³/mol. The van der Waals surface area contributed by atoms with Crippen molar-refractivity contribution >= 4 is 36.0 Å². The van der Waals surface area contributed by atoms with Crippen molar-refractivity contribution in [2.24, 2.45) is 4.99 Å². The van der Waals surface area contributed by atoms with E-state index < -0.39 is 5.60 Å². The fraction of sp³-hybridized carbons (Fsp3) is 0.889. The number of hydrogen-bond acceptors (Lipinski definition) is 5. The molecule has 0 saturated carbocycles. The summed E-state index contributed by atoms with van der Waals surface area (Å²) in [6, 6.07) is 0. The number of methoxy groups -OCH3 is 1. The van der Waals surface area contributed by atoms with Gasteiger partial charge in [0.1, 0.15) is 5.60 Å². The highest BCUT2D eigenvalue weighted by atomic mass is 127. The zero-order valence-electron chi connectivity index (χ0n) is 18.1. The highest BCUT2D eigenvalue weighted by molar-refractivity contribution is 14.0. The van der Waals surface area contributed by atoms with Crippen LogP contribution in [0.4, 0.5) is 4.79 Å². The minimum atomic E-state index is -0.481. The molecule has 0 aromatic heterocycles. The first-order valence-electron chi connectivity index (χ1n) is 9.33. The largest absolute Gasteiger partial charge is 0.444 e. The monoisotopic (exact) mass is 501 g/mol. The van der Waals surface area contributed by atoms with Gasteiger partial charge in [-0.25, -0.2) is 4.79 Å². The van der Waals surface area contributed by atoms with Crippen LogP contribution in [0.1, 0.15) is 34.1 Å². The Hall–Kier alpha value is -0.810. The molecular weight excluding hydrogens is 461 g/mol. The number of ether oxygens (including phenoxy) is 2. The number of aliphatic imine (C=N–C) groups is 1. The third-order valence-corrected chi connectivity index (χ3v) is 3.61. The van der Waals surface area contributed by atoms with Gasteiger partial charge < -0.3 is 29.9 Å². The molecule has 8 nitrogen and oxygen atoms in total. The average molecular weight is 501 g/mol. The smallest absolute Gasteiger partial charge is 0.410 e. The van der Waals surface area contributed by atoms with E-state index in [1.54, 1.807) is 19.1 Å². The van der Waals surface area contributed by atoms with Crippen molar-refractivity contribution in [1.29, 1.82) is 0 Å². The van der Waals surface area contributed by atoms with Crippen LogP contribution in [0.3, 0.4) is 0 Å². The molecule has 0 spiro atoms. The minimum Gasteiger partial charge on any atom is -0.444 e. The lowest BCUT2D eigenvalue weighted by Gasteiger charge is -2.26. The summed E-state index contributed by atoms with van der Waals surface area (Å²) >= 11 is 0. The van der Waals surface area contributed by atoms with E-state index in [0.29, 0.717) is 19.6 Å². The van der Waals surface area contributed by atoms with Crippen molar-refractivity contribution < 1.29 is 14.3 Å². The third kappa shape index (κ3) is 15.9. The molecule has 0 rings (SSSR count). The van der Waals surface area contributed by atoms with Crippen LogP contribution in [-0.4, -0.2) is 94.5 Å². The van der Waals surface area contributed by atoms with Crippen molar-refractivity contribution in [2.75, 3.05) is 67.1 Å². The lowest BCUT2D eigenvalue weighted by molar-refractivity contribution is 0.0264. The Morgan fingerprint density at radius 1 is 1.11 bits per heavy atom. The highest BCUT2D eigenvalue weighted by Gasteiger charge is 2.20. The van der Waals surface area contributed by atoms with E-state index in [0.717, 1.165) is 38.6 Å². The van der Waals surface area contributed by atoms with Crippen LogP contribution >= 0.6 is 24.0 Å². The van der Waals surface area contributed by atoms with E-state index >= 15 is 0 Å². The Balaban J connectivity index is 0. The Labute approximate surface area is 182 Å². The molecular formula is C18H40IN5O3. The number of nitrogens with one attached hydrogen (secondary N) is 2.